The number of ketones is 1. The number of para-hydroxylation sites is 1. The number of hydrogen-bond acceptors (Lipinski definition) is 6. The summed E-state index contributed by atoms with van der Waals surface area (Å²) in [5, 5.41) is 6.63. The van der Waals surface area contributed by atoms with Gasteiger partial charge in [0.2, 0.25) is 5.78 Å². The molecule has 0 saturated carbocycles. The van der Waals surface area contributed by atoms with Crippen LogP contribution in [0.4, 0.5) is 0 Å². The van der Waals surface area contributed by atoms with Crippen molar-refractivity contribution in [3.05, 3.63) is 89.5 Å². The Morgan fingerprint density at radius 3 is 2.48 bits per heavy atom. The zero-order valence-corrected chi connectivity index (χ0v) is 17.3. The maximum atomic E-state index is 13.5. The van der Waals surface area contributed by atoms with Gasteiger partial charge in [-0.05, 0) is 29.8 Å². The van der Waals surface area contributed by atoms with E-state index >= 15 is 0 Å². The fourth-order valence-electron chi connectivity index (χ4n) is 4.14. The van der Waals surface area contributed by atoms with Crippen LogP contribution in [-0.2, 0) is 0 Å². The Balaban J connectivity index is 1.55. The van der Waals surface area contributed by atoms with Crippen LogP contribution in [0, 0.1) is 0 Å². The van der Waals surface area contributed by atoms with Crippen LogP contribution in [-0.4, -0.2) is 37.0 Å². The van der Waals surface area contributed by atoms with Gasteiger partial charge in [-0.15, -0.1) is 0 Å². The number of fused-ring (bicyclic) bond motifs is 3. The first-order valence-corrected chi connectivity index (χ1v) is 10.1. The van der Waals surface area contributed by atoms with Crippen molar-refractivity contribution < 1.29 is 19.0 Å². The summed E-state index contributed by atoms with van der Waals surface area (Å²) in [7, 11) is 3.11. The van der Waals surface area contributed by atoms with Crippen LogP contribution in [0.5, 0.6) is 17.2 Å². The molecule has 0 spiro atoms. The van der Waals surface area contributed by atoms with Gasteiger partial charge in [0.05, 0.1) is 26.0 Å². The largest absolute Gasteiger partial charge is 0.493 e. The number of benzene rings is 3. The van der Waals surface area contributed by atoms with Crippen LogP contribution in [0.15, 0.2) is 77.9 Å². The smallest absolute Gasteiger partial charge is 0.251 e. The third-order valence-electron chi connectivity index (χ3n) is 5.70. The van der Waals surface area contributed by atoms with Crippen LogP contribution < -0.4 is 14.2 Å². The summed E-state index contributed by atoms with van der Waals surface area (Å²) >= 11 is 0. The lowest BCUT2D eigenvalue weighted by Crippen LogP contribution is -2.45. The normalized spacial score (nSPS) is 19.0. The molecule has 2 unspecified atom stereocenters. The molecule has 6 nitrogen and oxygen atoms in total. The zero-order valence-electron chi connectivity index (χ0n) is 17.3. The Kier molecular flexibility index (Phi) is 4.82. The lowest BCUT2D eigenvalue weighted by atomic mass is 9.96. The molecule has 0 bridgehead atoms. The minimum atomic E-state index is -0.862. The second kappa shape index (κ2) is 7.80. The van der Waals surface area contributed by atoms with Crippen LogP contribution in [0.3, 0.4) is 0 Å². The molecule has 156 valence electrons. The minimum Gasteiger partial charge on any atom is -0.493 e. The molecule has 3 aromatic rings. The highest BCUT2D eigenvalue weighted by atomic mass is 16.5. The van der Waals surface area contributed by atoms with Gasteiger partial charge >= 0.3 is 0 Å². The Bertz CT molecular complexity index is 1160. The second-order valence-corrected chi connectivity index (χ2v) is 7.45. The molecule has 31 heavy (non-hydrogen) atoms. The van der Waals surface area contributed by atoms with E-state index in [0.717, 1.165) is 16.8 Å². The first kappa shape index (κ1) is 19.2. The molecule has 0 aliphatic carbocycles. The van der Waals surface area contributed by atoms with E-state index in [4.69, 9.17) is 19.3 Å². The Labute approximate surface area is 180 Å². The van der Waals surface area contributed by atoms with Crippen molar-refractivity contribution in [2.24, 2.45) is 5.10 Å². The molecule has 0 radical (unpaired) electrons. The number of ether oxygens (including phenoxy) is 3. The van der Waals surface area contributed by atoms with Crippen LogP contribution in [0.1, 0.15) is 33.9 Å². The van der Waals surface area contributed by atoms with E-state index in [1.54, 1.807) is 37.4 Å². The molecule has 0 fully saturated rings. The number of Topliss-reactive ketones (excluding diaryl/α,β-unsaturated/α-hetero) is 1. The Hall–Kier alpha value is -3.80. The van der Waals surface area contributed by atoms with Gasteiger partial charge < -0.3 is 14.2 Å². The Morgan fingerprint density at radius 1 is 0.968 bits per heavy atom. The molecule has 0 N–H and O–H groups in total. The molecule has 5 rings (SSSR count). The average molecular weight is 414 g/mol. The van der Waals surface area contributed by atoms with Crippen molar-refractivity contribution >= 4 is 11.5 Å². The highest BCUT2D eigenvalue weighted by Crippen LogP contribution is 2.43. The highest BCUT2D eigenvalue weighted by Gasteiger charge is 2.43. The number of carbonyl (C=O) groups excluding carboxylic acids is 1. The topological polar surface area (TPSA) is 60.4 Å². The van der Waals surface area contributed by atoms with Gasteiger partial charge in [0, 0.05) is 17.5 Å². The molecular formula is C25H22N2O4. The van der Waals surface area contributed by atoms with E-state index in [1.807, 2.05) is 54.6 Å². The summed E-state index contributed by atoms with van der Waals surface area (Å²) in [4.78, 5) is 13.5. The van der Waals surface area contributed by atoms with Crippen LogP contribution >= 0.6 is 0 Å². The SMILES string of the molecule is COc1ccc(C(=O)C2Oc3ccccc3C3CC(c4ccccc4)=NN23)cc1OC. The summed E-state index contributed by atoms with van der Waals surface area (Å²) in [6.07, 6.45) is -0.153. The van der Waals surface area contributed by atoms with Crippen molar-refractivity contribution in [1.29, 1.82) is 0 Å². The van der Waals surface area contributed by atoms with E-state index in [1.165, 1.54) is 0 Å². The van der Waals surface area contributed by atoms with Crippen molar-refractivity contribution in [1.82, 2.24) is 5.01 Å². The van der Waals surface area contributed by atoms with Crippen molar-refractivity contribution in [2.75, 3.05) is 14.2 Å². The number of nitrogens with zero attached hydrogens (tertiary/aromatic N) is 2. The molecule has 0 saturated heterocycles. The molecule has 6 heteroatoms. The molecule has 0 amide bonds. The molecule has 2 heterocycles. The average Bonchev–Trinajstić information content (AvgIpc) is 3.29. The molecule has 2 aliphatic rings. The number of methoxy groups -OCH3 is 2. The maximum Gasteiger partial charge on any atom is 0.251 e. The van der Waals surface area contributed by atoms with E-state index in [0.29, 0.717) is 29.2 Å². The minimum absolute atomic E-state index is 0.0609. The van der Waals surface area contributed by atoms with E-state index in [9.17, 15) is 4.79 Å². The Morgan fingerprint density at radius 2 is 1.71 bits per heavy atom. The monoisotopic (exact) mass is 414 g/mol. The molecule has 2 atom stereocenters. The molecule has 0 aromatic heterocycles. The van der Waals surface area contributed by atoms with Gasteiger partial charge in [-0.2, -0.15) is 5.10 Å². The fraction of sp³-hybridized carbons (Fsp3) is 0.200. The highest BCUT2D eigenvalue weighted by molar-refractivity contribution is 6.03. The number of carbonyl (C=O) groups is 1. The predicted octanol–water partition coefficient (Wildman–Crippen LogP) is 4.46. The number of hydrazone groups is 1. The molecule has 2 aliphatic heterocycles. The standard InChI is InChI=1S/C25H22N2O4/c1-29-22-13-12-17(14-23(22)30-2)24(28)25-27-20(18-10-6-7-11-21(18)31-25)15-19(26-27)16-8-4-3-5-9-16/h3-14,20,25H,15H2,1-2H3. The summed E-state index contributed by atoms with van der Waals surface area (Å²) in [6.45, 7) is 0. The summed E-state index contributed by atoms with van der Waals surface area (Å²) in [6, 6.07) is 22.9. The third kappa shape index (κ3) is 3.30. The van der Waals surface area contributed by atoms with E-state index in [2.05, 4.69) is 0 Å². The van der Waals surface area contributed by atoms with E-state index < -0.39 is 6.23 Å². The lowest BCUT2D eigenvalue weighted by molar-refractivity contribution is -0.00457. The fourth-order valence-corrected chi connectivity index (χ4v) is 4.14. The van der Waals surface area contributed by atoms with Gasteiger partial charge in [0.1, 0.15) is 5.75 Å². The van der Waals surface area contributed by atoms with Crippen LogP contribution in [0.25, 0.3) is 0 Å². The maximum absolute atomic E-state index is 13.5. The van der Waals surface area contributed by atoms with Crippen LogP contribution in [0.2, 0.25) is 0 Å². The van der Waals surface area contributed by atoms with Crippen molar-refractivity contribution in [3.63, 3.8) is 0 Å². The predicted molar refractivity (Wildman–Crippen MR) is 117 cm³/mol. The summed E-state index contributed by atoms with van der Waals surface area (Å²) in [5.74, 6) is 1.60. The van der Waals surface area contributed by atoms with E-state index in [-0.39, 0.29) is 11.8 Å². The molecule has 3 aromatic carbocycles. The quantitative estimate of drug-likeness (QED) is 0.577. The van der Waals surface area contributed by atoms with Gasteiger partial charge in [0.15, 0.2) is 11.5 Å². The van der Waals surface area contributed by atoms with Gasteiger partial charge in [0.25, 0.3) is 6.23 Å². The van der Waals surface area contributed by atoms with Gasteiger partial charge in [-0.25, -0.2) is 5.01 Å². The number of rotatable bonds is 5. The first-order valence-electron chi connectivity index (χ1n) is 10.1. The molecular weight excluding hydrogens is 392 g/mol. The summed E-state index contributed by atoms with van der Waals surface area (Å²) < 4.78 is 16.8. The van der Waals surface area contributed by atoms with Gasteiger partial charge in [-0.3, -0.25) is 4.79 Å². The van der Waals surface area contributed by atoms with Gasteiger partial charge in [-0.1, -0.05) is 48.5 Å². The zero-order chi connectivity index (χ0) is 21.4. The summed E-state index contributed by atoms with van der Waals surface area (Å²) in [5.41, 5.74) is 3.50. The second-order valence-electron chi connectivity index (χ2n) is 7.45. The first-order chi connectivity index (χ1) is 15.2. The van der Waals surface area contributed by atoms with Crippen molar-refractivity contribution in [2.45, 2.75) is 18.7 Å². The lowest BCUT2D eigenvalue weighted by Gasteiger charge is -2.37. The van der Waals surface area contributed by atoms with Crippen molar-refractivity contribution in [3.8, 4) is 17.2 Å². The third-order valence-corrected chi connectivity index (χ3v) is 5.70. The number of hydrogen-bond donors (Lipinski definition) is 0.